The van der Waals surface area contributed by atoms with Crippen molar-refractivity contribution < 1.29 is 4.92 Å². The number of nitro groups is 1. The third-order valence-electron chi connectivity index (χ3n) is 12.2. The number of benzene rings is 4. The Hall–Kier alpha value is -7.44. The maximum absolute atomic E-state index is 11.5. The maximum atomic E-state index is 11.5. The molecule has 4 aromatic carbocycles. The van der Waals surface area contributed by atoms with E-state index < -0.39 is 4.92 Å². The predicted octanol–water partition coefficient (Wildman–Crippen LogP) is 5.89. The lowest BCUT2D eigenvalue weighted by molar-refractivity contribution is -0.384. The quantitative estimate of drug-likeness (QED) is 0.0919. The molecule has 6 heterocycles. The number of hydrogen-bond donors (Lipinski definition) is 1. The largest absolute Gasteiger partial charge is 0.398 e. The zero-order valence-corrected chi connectivity index (χ0v) is 36.4. The van der Waals surface area contributed by atoms with Crippen LogP contribution in [0.25, 0.3) is 34.2 Å². The number of rotatable bonds is 11. The van der Waals surface area contributed by atoms with E-state index in [9.17, 15) is 10.1 Å². The van der Waals surface area contributed by atoms with Crippen LogP contribution in [-0.2, 0) is 39.0 Å². The molecule has 0 saturated heterocycles. The summed E-state index contributed by atoms with van der Waals surface area (Å²) in [5.41, 5.74) is 18.8. The van der Waals surface area contributed by atoms with Crippen molar-refractivity contribution >= 4 is 11.4 Å². The molecule has 326 valence electrons. The van der Waals surface area contributed by atoms with Gasteiger partial charge in [-0.05, 0) is 127 Å². The van der Waals surface area contributed by atoms with Crippen LogP contribution in [0.3, 0.4) is 0 Å². The third-order valence-corrected chi connectivity index (χ3v) is 12.2. The first-order valence-electron chi connectivity index (χ1n) is 21.4. The summed E-state index contributed by atoms with van der Waals surface area (Å²) in [6, 6.07) is 23.6. The Labute approximate surface area is 370 Å². The number of imidazole rings is 2. The van der Waals surface area contributed by atoms with E-state index in [4.69, 9.17) is 5.73 Å². The fourth-order valence-corrected chi connectivity index (χ4v) is 8.05. The minimum atomic E-state index is -0.409. The molecule has 0 atom stereocenters. The fourth-order valence-electron chi connectivity index (χ4n) is 8.05. The molecule has 10 rings (SSSR count). The Kier molecular flexibility index (Phi) is 11.9. The van der Waals surface area contributed by atoms with Crippen LogP contribution in [0.4, 0.5) is 11.4 Å². The molecule has 0 saturated carbocycles. The van der Waals surface area contributed by atoms with Crippen molar-refractivity contribution in [3.05, 3.63) is 153 Å². The van der Waals surface area contributed by atoms with Crippen molar-refractivity contribution in [3.8, 4) is 34.2 Å². The average Bonchev–Trinajstić information content (AvgIpc) is 4.15. The van der Waals surface area contributed by atoms with E-state index in [-0.39, 0.29) is 11.5 Å². The Balaban J connectivity index is 0.000000162. The van der Waals surface area contributed by atoms with E-state index in [0.717, 1.165) is 104 Å². The second kappa shape index (κ2) is 18.1. The van der Waals surface area contributed by atoms with Crippen LogP contribution in [0, 0.1) is 37.8 Å². The maximum Gasteiger partial charge on any atom is 0.280 e. The lowest BCUT2D eigenvalue weighted by Gasteiger charge is -2.27. The minimum Gasteiger partial charge on any atom is -0.398 e. The first kappa shape index (κ1) is 41.9. The zero-order chi connectivity index (χ0) is 44.3. The summed E-state index contributed by atoms with van der Waals surface area (Å²) < 4.78 is 4.44. The molecular formula is C46H50N16O2. The summed E-state index contributed by atoms with van der Waals surface area (Å²) >= 11 is 0. The van der Waals surface area contributed by atoms with Gasteiger partial charge in [-0.3, -0.25) is 19.9 Å². The summed E-state index contributed by atoms with van der Waals surface area (Å²) in [6.45, 7) is 15.8. The second-order valence-corrected chi connectivity index (χ2v) is 16.6. The van der Waals surface area contributed by atoms with Crippen LogP contribution in [0.2, 0.25) is 0 Å². The molecule has 8 aromatic rings. The van der Waals surface area contributed by atoms with Gasteiger partial charge in [0.25, 0.3) is 5.69 Å². The van der Waals surface area contributed by atoms with Crippen molar-refractivity contribution in [1.29, 1.82) is 0 Å². The Morgan fingerprint density at radius 1 is 0.609 bits per heavy atom. The highest BCUT2D eigenvalue weighted by atomic mass is 16.6. The van der Waals surface area contributed by atoms with Gasteiger partial charge in [0.05, 0.1) is 40.3 Å². The van der Waals surface area contributed by atoms with Crippen LogP contribution in [0.15, 0.2) is 97.8 Å². The van der Waals surface area contributed by atoms with Crippen molar-refractivity contribution in [2.45, 2.75) is 66.7 Å². The normalized spacial score (nSPS) is 13.9. The van der Waals surface area contributed by atoms with Crippen LogP contribution in [0.1, 0.15) is 44.8 Å². The highest BCUT2D eigenvalue weighted by Crippen LogP contribution is 2.31. The lowest BCUT2D eigenvalue weighted by atomic mass is 10.0. The third kappa shape index (κ3) is 9.18. The predicted molar refractivity (Wildman–Crippen MR) is 242 cm³/mol. The monoisotopic (exact) mass is 858 g/mol. The number of nitro benzene ring substituents is 1. The zero-order valence-electron chi connectivity index (χ0n) is 36.4. The van der Waals surface area contributed by atoms with Crippen molar-refractivity contribution in [1.82, 2.24) is 69.3 Å². The summed E-state index contributed by atoms with van der Waals surface area (Å²) in [4.78, 5) is 27.4. The van der Waals surface area contributed by atoms with Crippen molar-refractivity contribution in [2.75, 3.05) is 31.9 Å². The van der Waals surface area contributed by atoms with Crippen LogP contribution in [-0.4, -0.2) is 100 Å². The van der Waals surface area contributed by atoms with Crippen molar-refractivity contribution in [3.63, 3.8) is 0 Å². The van der Waals surface area contributed by atoms with E-state index in [1.807, 2.05) is 82.2 Å². The number of aromatic nitrogens is 12. The number of aryl methyl sites for hydroxylation is 4. The van der Waals surface area contributed by atoms with Gasteiger partial charge in [-0.2, -0.15) is 0 Å². The number of nitrogens with two attached hydrogens (primary N) is 1. The first-order valence-corrected chi connectivity index (χ1v) is 21.4. The summed E-state index contributed by atoms with van der Waals surface area (Å²) in [5, 5.41) is 37.1. The van der Waals surface area contributed by atoms with Gasteiger partial charge >= 0.3 is 0 Å². The molecule has 0 bridgehead atoms. The molecule has 0 aliphatic carbocycles. The SMILES string of the molecule is Cc1cc(-c2nnn(-c3ccc(CCN4CCn5cncc5C4)cc3)n2)c([N+](=O)[O-])cc1C.Cc1cc(N)c(-c2nnn(-c3ccc(CCN4CCn5cncc5C4)cc3)n2)cc1C. The van der Waals surface area contributed by atoms with Gasteiger partial charge < -0.3 is 14.9 Å². The lowest BCUT2D eigenvalue weighted by Crippen LogP contribution is -2.34. The van der Waals surface area contributed by atoms with E-state index in [0.29, 0.717) is 17.1 Å². The van der Waals surface area contributed by atoms with Crippen LogP contribution >= 0.6 is 0 Å². The number of anilines is 1. The Morgan fingerprint density at radius 3 is 1.56 bits per heavy atom. The van der Waals surface area contributed by atoms with E-state index in [1.165, 1.54) is 27.3 Å². The Morgan fingerprint density at radius 2 is 1.06 bits per heavy atom. The van der Waals surface area contributed by atoms with Crippen molar-refractivity contribution in [2.24, 2.45) is 0 Å². The number of nitrogens with zero attached hydrogens (tertiary/aromatic N) is 15. The van der Waals surface area contributed by atoms with E-state index in [2.05, 4.69) is 90.9 Å². The minimum absolute atomic E-state index is 0.0197. The van der Waals surface area contributed by atoms with Gasteiger partial charge in [0.2, 0.25) is 11.6 Å². The topological polar surface area (TPSA) is 198 Å². The molecule has 2 N–H and O–H groups in total. The molecule has 64 heavy (non-hydrogen) atoms. The molecular weight excluding hydrogens is 809 g/mol. The number of tetrazole rings is 2. The van der Waals surface area contributed by atoms with Gasteiger partial charge in [-0.15, -0.1) is 30.0 Å². The van der Waals surface area contributed by atoms with E-state index >= 15 is 0 Å². The number of nitrogen functional groups attached to an aromatic ring is 1. The molecule has 0 spiro atoms. The van der Waals surface area contributed by atoms with Gasteiger partial charge in [0, 0.05) is 82.1 Å². The highest BCUT2D eigenvalue weighted by Gasteiger charge is 2.22. The molecule has 0 amide bonds. The van der Waals surface area contributed by atoms with Gasteiger partial charge in [0.15, 0.2) is 0 Å². The van der Waals surface area contributed by atoms with Crippen LogP contribution < -0.4 is 5.73 Å². The molecule has 2 aliphatic heterocycles. The van der Waals surface area contributed by atoms with Gasteiger partial charge in [0.1, 0.15) is 5.56 Å². The molecule has 0 unspecified atom stereocenters. The molecule has 0 fully saturated rings. The molecule has 18 nitrogen and oxygen atoms in total. The number of hydrogen-bond acceptors (Lipinski definition) is 13. The highest BCUT2D eigenvalue weighted by molar-refractivity contribution is 5.73. The second-order valence-electron chi connectivity index (χ2n) is 16.6. The smallest absolute Gasteiger partial charge is 0.280 e. The standard InChI is InChI=1S/C23H24N8O2.C23H26N8/c1-16-11-21(22(31(32)33)12-17(16)2)23-25-27-30(26-23)19-5-3-18(4-6-19)7-8-28-9-10-29-15-24-13-20(29)14-28;1-16-11-21(22(24)12-17(16)2)23-26-28-31(27-23)19-5-3-18(4-6-19)7-8-29-9-10-30-15-25-13-20(30)14-29/h3-6,11-13,15H,7-10,14H2,1-2H3;3-6,11-13,15H,7-10,14,24H2,1-2H3. The fraction of sp³-hybridized carbons (Fsp3) is 0.304. The molecule has 0 radical (unpaired) electrons. The number of fused-ring (bicyclic) bond motifs is 2. The molecule has 4 aromatic heterocycles. The van der Waals surface area contributed by atoms with Gasteiger partial charge in [-0.1, -0.05) is 24.3 Å². The van der Waals surface area contributed by atoms with Crippen LogP contribution in [0.5, 0.6) is 0 Å². The molecule has 2 aliphatic rings. The van der Waals surface area contributed by atoms with E-state index in [1.54, 1.807) is 16.9 Å². The van der Waals surface area contributed by atoms with Gasteiger partial charge in [-0.25, -0.2) is 9.97 Å². The molecule has 18 heteroatoms. The summed E-state index contributed by atoms with van der Waals surface area (Å²) in [7, 11) is 0. The average molecular weight is 859 g/mol. The first-order chi connectivity index (χ1) is 31.0. The summed E-state index contributed by atoms with van der Waals surface area (Å²) in [5.74, 6) is 0.771. The Bertz CT molecular complexity index is 2910. The summed E-state index contributed by atoms with van der Waals surface area (Å²) in [6.07, 6.45) is 9.66.